The average Bonchev–Trinajstić information content (AvgIpc) is 2.62. The first kappa shape index (κ1) is 20.4. The zero-order chi connectivity index (χ0) is 19.2. The number of hydrogen-bond donors (Lipinski definition) is 0. The smallest absolute Gasteiger partial charge is 0.324 e. The van der Waals surface area contributed by atoms with Gasteiger partial charge in [-0.2, -0.15) is 4.31 Å². The molecule has 0 spiro atoms. The van der Waals surface area contributed by atoms with Crippen molar-refractivity contribution in [1.82, 2.24) is 4.31 Å². The summed E-state index contributed by atoms with van der Waals surface area (Å²) in [6.07, 6.45) is 8.22. The minimum atomic E-state index is -3.78. The fraction of sp³-hybridized carbons (Fsp3) is 0.450. The summed E-state index contributed by atoms with van der Waals surface area (Å²) in [5.41, 5.74) is 1.94. The number of sulfonamides is 1. The van der Waals surface area contributed by atoms with E-state index >= 15 is 0 Å². The normalized spacial score (nSPS) is 18.7. The van der Waals surface area contributed by atoms with Crippen molar-refractivity contribution in [2.24, 2.45) is 0 Å². The van der Waals surface area contributed by atoms with Crippen LogP contribution in [-0.2, 0) is 19.6 Å². The van der Waals surface area contributed by atoms with E-state index in [9.17, 15) is 13.2 Å². The number of benzene rings is 1. The van der Waals surface area contributed by atoms with Gasteiger partial charge < -0.3 is 4.74 Å². The summed E-state index contributed by atoms with van der Waals surface area (Å²) in [5.74, 6) is -0.502. The van der Waals surface area contributed by atoms with Crippen LogP contribution in [-0.4, -0.2) is 37.9 Å². The fourth-order valence-corrected chi connectivity index (χ4v) is 4.35. The van der Waals surface area contributed by atoms with Gasteiger partial charge in [-0.3, -0.25) is 4.79 Å². The van der Waals surface area contributed by atoms with Crippen molar-refractivity contribution >= 4 is 16.0 Å². The molecule has 1 heterocycles. The predicted octanol–water partition coefficient (Wildman–Crippen LogP) is 3.60. The van der Waals surface area contributed by atoms with E-state index in [-0.39, 0.29) is 18.0 Å². The summed E-state index contributed by atoms with van der Waals surface area (Å²) in [4.78, 5) is 12.6. The van der Waals surface area contributed by atoms with Crippen molar-refractivity contribution in [3.8, 4) is 0 Å². The molecule has 1 atom stereocenters. The van der Waals surface area contributed by atoms with Crippen molar-refractivity contribution < 1.29 is 17.9 Å². The maximum absolute atomic E-state index is 13.1. The fourth-order valence-electron chi connectivity index (χ4n) is 2.83. The van der Waals surface area contributed by atoms with Crippen LogP contribution in [0, 0.1) is 6.92 Å². The van der Waals surface area contributed by atoms with Gasteiger partial charge in [0, 0.05) is 6.54 Å². The highest BCUT2D eigenvalue weighted by Crippen LogP contribution is 2.27. The highest BCUT2D eigenvalue weighted by molar-refractivity contribution is 7.89. The van der Waals surface area contributed by atoms with Gasteiger partial charge in [0.05, 0.1) is 11.5 Å². The maximum atomic E-state index is 13.1. The molecule has 0 saturated heterocycles. The molecule has 1 unspecified atom stereocenters. The van der Waals surface area contributed by atoms with Gasteiger partial charge in [-0.1, -0.05) is 49.3 Å². The second-order valence-corrected chi connectivity index (χ2v) is 8.22. The van der Waals surface area contributed by atoms with E-state index in [2.05, 4.69) is 13.0 Å². The highest BCUT2D eigenvalue weighted by atomic mass is 32.2. The molecule has 0 N–H and O–H groups in total. The van der Waals surface area contributed by atoms with Crippen LogP contribution in [0.1, 0.15) is 38.7 Å². The minimum Gasteiger partial charge on any atom is -0.465 e. The predicted molar refractivity (Wildman–Crippen MR) is 102 cm³/mol. The Balaban J connectivity index is 2.34. The Morgan fingerprint density at radius 2 is 1.96 bits per heavy atom. The van der Waals surface area contributed by atoms with Gasteiger partial charge in [-0.15, -0.1) is 0 Å². The van der Waals surface area contributed by atoms with Gasteiger partial charge in [0.15, 0.2) is 0 Å². The standard InChI is InChI=1S/C20H27NO4S/c1-4-6-7-8-17-13-14-21(19(15-17)20(22)25-5-2)26(23,24)18-11-9-16(3)10-12-18/h7-13,19H,4-6,14-15H2,1-3H3/b8-7+. The molecule has 142 valence electrons. The van der Waals surface area contributed by atoms with Crippen molar-refractivity contribution in [3.05, 3.63) is 53.6 Å². The third-order valence-electron chi connectivity index (χ3n) is 4.28. The van der Waals surface area contributed by atoms with E-state index in [1.807, 2.05) is 19.1 Å². The molecule has 6 heteroatoms. The Bertz CT molecular complexity index is 779. The molecular weight excluding hydrogens is 350 g/mol. The first-order valence-electron chi connectivity index (χ1n) is 9.00. The van der Waals surface area contributed by atoms with Crippen molar-refractivity contribution in [2.45, 2.75) is 51.0 Å². The number of unbranched alkanes of at least 4 members (excludes halogenated alkanes) is 1. The largest absolute Gasteiger partial charge is 0.465 e. The Kier molecular flexibility index (Phi) is 7.17. The molecule has 1 aromatic rings. The van der Waals surface area contributed by atoms with Crippen LogP contribution in [0.2, 0.25) is 0 Å². The molecule has 0 saturated carbocycles. The van der Waals surface area contributed by atoms with Crippen LogP contribution in [0.5, 0.6) is 0 Å². The van der Waals surface area contributed by atoms with E-state index in [4.69, 9.17) is 4.74 Å². The summed E-state index contributed by atoms with van der Waals surface area (Å²) >= 11 is 0. The van der Waals surface area contributed by atoms with Crippen LogP contribution in [0.25, 0.3) is 0 Å². The first-order chi connectivity index (χ1) is 12.4. The Morgan fingerprint density at radius 1 is 1.27 bits per heavy atom. The van der Waals surface area contributed by atoms with Crippen LogP contribution in [0.15, 0.2) is 53.0 Å². The number of allylic oxidation sites excluding steroid dienone is 2. The van der Waals surface area contributed by atoms with Crippen LogP contribution >= 0.6 is 0 Å². The van der Waals surface area contributed by atoms with Gasteiger partial charge in [-0.25, -0.2) is 8.42 Å². The first-order valence-corrected chi connectivity index (χ1v) is 10.4. The van der Waals surface area contributed by atoms with E-state index < -0.39 is 22.0 Å². The maximum Gasteiger partial charge on any atom is 0.324 e. The minimum absolute atomic E-state index is 0.158. The van der Waals surface area contributed by atoms with Crippen molar-refractivity contribution in [1.29, 1.82) is 0 Å². The second kappa shape index (κ2) is 9.14. The number of esters is 1. The lowest BCUT2D eigenvalue weighted by Crippen LogP contribution is -2.48. The number of carbonyl (C=O) groups is 1. The van der Waals surface area contributed by atoms with E-state index in [0.29, 0.717) is 6.42 Å². The molecule has 5 nitrogen and oxygen atoms in total. The topological polar surface area (TPSA) is 63.7 Å². The van der Waals surface area contributed by atoms with E-state index in [1.54, 1.807) is 31.2 Å². The molecule has 1 aliphatic rings. The van der Waals surface area contributed by atoms with Crippen molar-refractivity contribution in [2.75, 3.05) is 13.2 Å². The van der Waals surface area contributed by atoms with Gasteiger partial charge in [-0.05, 0) is 44.4 Å². The molecule has 1 aliphatic heterocycles. The molecule has 2 rings (SSSR count). The van der Waals surface area contributed by atoms with Crippen molar-refractivity contribution in [3.63, 3.8) is 0 Å². The summed E-state index contributed by atoms with van der Waals surface area (Å²) in [7, 11) is -3.78. The monoisotopic (exact) mass is 377 g/mol. The quantitative estimate of drug-likeness (QED) is 0.681. The second-order valence-electron chi connectivity index (χ2n) is 6.33. The summed E-state index contributed by atoms with van der Waals surface area (Å²) in [5, 5.41) is 0. The number of rotatable bonds is 7. The van der Waals surface area contributed by atoms with Gasteiger partial charge in [0.25, 0.3) is 0 Å². The van der Waals surface area contributed by atoms with Crippen LogP contribution < -0.4 is 0 Å². The Morgan fingerprint density at radius 3 is 2.58 bits per heavy atom. The SMILES string of the molecule is CCC/C=C/C1=CCN(S(=O)(=O)c2ccc(C)cc2)C(C(=O)OCC)C1. The highest BCUT2D eigenvalue weighted by Gasteiger charge is 2.38. The third-order valence-corrected chi connectivity index (χ3v) is 6.17. The lowest BCUT2D eigenvalue weighted by atomic mass is 10.0. The van der Waals surface area contributed by atoms with Gasteiger partial charge in [0.2, 0.25) is 10.0 Å². The van der Waals surface area contributed by atoms with Crippen LogP contribution in [0.4, 0.5) is 0 Å². The molecule has 0 aromatic heterocycles. The van der Waals surface area contributed by atoms with Crippen LogP contribution in [0.3, 0.4) is 0 Å². The molecular formula is C20H27NO4S. The number of carbonyl (C=O) groups excluding carboxylic acids is 1. The Hall–Kier alpha value is -1.92. The number of hydrogen-bond acceptors (Lipinski definition) is 4. The molecule has 0 bridgehead atoms. The summed E-state index contributed by atoms with van der Waals surface area (Å²) < 4.78 is 32.5. The molecule has 0 fully saturated rings. The number of aryl methyl sites for hydroxylation is 1. The average molecular weight is 378 g/mol. The van der Waals surface area contributed by atoms with E-state index in [1.165, 1.54) is 4.31 Å². The number of ether oxygens (including phenoxy) is 1. The molecule has 0 aliphatic carbocycles. The molecule has 0 radical (unpaired) electrons. The molecule has 26 heavy (non-hydrogen) atoms. The molecule has 1 aromatic carbocycles. The lowest BCUT2D eigenvalue weighted by molar-refractivity contribution is -0.147. The number of nitrogens with zero attached hydrogens (tertiary/aromatic N) is 1. The summed E-state index contributed by atoms with van der Waals surface area (Å²) in [6.45, 7) is 6.09. The Labute approximate surface area is 156 Å². The lowest BCUT2D eigenvalue weighted by Gasteiger charge is -2.32. The third kappa shape index (κ3) is 4.83. The molecule has 0 amide bonds. The van der Waals surface area contributed by atoms with Gasteiger partial charge in [0.1, 0.15) is 6.04 Å². The van der Waals surface area contributed by atoms with Gasteiger partial charge >= 0.3 is 5.97 Å². The zero-order valence-electron chi connectivity index (χ0n) is 15.6. The summed E-state index contributed by atoms with van der Waals surface area (Å²) in [6, 6.07) is 5.82. The van der Waals surface area contributed by atoms with E-state index in [0.717, 1.165) is 24.0 Å². The zero-order valence-corrected chi connectivity index (χ0v) is 16.5.